The number of hydrogen-bond donors (Lipinski definition) is 0. The lowest BCUT2D eigenvalue weighted by molar-refractivity contribution is 0.253. The number of rotatable bonds is 1. The van der Waals surface area contributed by atoms with Gasteiger partial charge in [0.1, 0.15) is 0 Å². The highest BCUT2D eigenvalue weighted by atomic mass is 15.3. The molecule has 0 aromatic carbocycles. The summed E-state index contributed by atoms with van der Waals surface area (Å²) in [7, 11) is 4.22. The summed E-state index contributed by atoms with van der Waals surface area (Å²) in [4.78, 5) is 2.40. The van der Waals surface area contributed by atoms with E-state index in [1.807, 2.05) is 11.7 Å². The zero-order valence-corrected chi connectivity index (χ0v) is 9.32. The highest BCUT2D eigenvalue weighted by molar-refractivity contribution is 5.13. The maximum atomic E-state index is 4.56. The Morgan fingerprint density at radius 2 is 1.93 bits per heavy atom. The van der Waals surface area contributed by atoms with Crippen LogP contribution in [0.2, 0.25) is 0 Å². The Kier molecular flexibility index (Phi) is 2.59. The number of nitrogens with zero attached hydrogens (tertiary/aromatic N) is 3. The molecule has 0 unspecified atom stereocenters. The molecule has 0 bridgehead atoms. The molecule has 3 heteroatoms. The van der Waals surface area contributed by atoms with Crippen molar-refractivity contribution in [1.82, 2.24) is 14.7 Å². The largest absolute Gasteiger partial charge is 0.306 e. The van der Waals surface area contributed by atoms with E-state index in [-0.39, 0.29) is 0 Å². The van der Waals surface area contributed by atoms with Crippen LogP contribution in [0.25, 0.3) is 0 Å². The zero-order valence-electron chi connectivity index (χ0n) is 9.32. The van der Waals surface area contributed by atoms with Crippen molar-refractivity contribution in [3.05, 3.63) is 17.5 Å². The molecule has 0 atom stereocenters. The van der Waals surface area contributed by atoms with E-state index in [1.165, 1.54) is 37.3 Å². The van der Waals surface area contributed by atoms with Gasteiger partial charge in [0.05, 0.1) is 5.69 Å². The number of hydrogen-bond acceptors (Lipinski definition) is 2. The third-order valence-electron chi connectivity index (χ3n) is 3.27. The fourth-order valence-electron chi connectivity index (χ4n) is 2.09. The summed E-state index contributed by atoms with van der Waals surface area (Å²) in [6.07, 6.45) is 2.51. The monoisotopic (exact) mass is 193 g/mol. The predicted octanol–water partition coefficient (Wildman–Crippen LogP) is 1.54. The Labute approximate surface area is 85.7 Å². The maximum Gasteiger partial charge on any atom is 0.0659 e. The Bertz CT molecular complexity index is 289. The normalized spacial score (nSPS) is 20.2. The fourth-order valence-corrected chi connectivity index (χ4v) is 2.09. The Hall–Kier alpha value is -0.830. The summed E-state index contributed by atoms with van der Waals surface area (Å²) >= 11 is 0. The first kappa shape index (κ1) is 9.71. The summed E-state index contributed by atoms with van der Waals surface area (Å²) < 4.78 is 1.98. The molecule has 2 rings (SSSR count). The third kappa shape index (κ3) is 1.82. The summed E-state index contributed by atoms with van der Waals surface area (Å²) in [6.45, 7) is 4.53. The standard InChI is InChI=1S/C11H19N3/c1-9-8-11(12-14(9)3)10-4-6-13(2)7-5-10/h8,10H,4-7H2,1-3H3. The van der Waals surface area contributed by atoms with E-state index < -0.39 is 0 Å². The van der Waals surface area contributed by atoms with Crippen LogP contribution in [0.15, 0.2) is 6.07 Å². The van der Waals surface area contributed by atoms with Gasteiger partial charge in [-0.2, -0.15) is 5.10 Å². The van der Waals surface area contributed by atoms with Crippen molar-refractivity contribution < 1.29 is 0 Å². The minimum Gasteiger partial charge on any atom is -0.306 e. The van der Waals surface area contributed by atoms with Gasteiger partial charge in [-0.05, 0) is 46.0 Å². The molecule has 0 aliphatic carbocycles. The fraction of sp³-hybridized carbons (Fsp3) is 0.727. The van der Waals surface area contributed by atoms with Gasteiger partial charge in [0.2, 0.25) is 0 Å². The van der Waals surface area contributed by atoms with Crippen LogP contribution in [0.3, 0.4) is 0 Å². The number of aryl methyl sites for hydroxylation is 2. The minimum absolute atomic E-state index is 0.686. The van der Waals surface area contributed by atoms with E-state index >= 15 is 0 Å². The first-order valence-electron chi connectivity index (χ1n) is 5.36. The van der Waals surface area contributed by atoms with E-state index in [0.29, 0.717) is 5.92 Å². The number of likely N-dealkylation sites (tertiary alicyclic amines) is 1. The molecule has 2 heterocycles. The molecule has 0 saturated carbocycles. The van der Waals surface area contributed by atoms with Crippen molar-refractivity contribution in [2.24, 2.45) is 7.05 Å². The maximum absolute atomic E-state index is 4.56. The van der Waals surface area contributed by atoms with Gasteiger partial charge in [-0.15, -0.1) is 0 Å². The molecule has 0 radical (unpaired) electrons. The summed E-state index contributed by atoms with van der Waals surface area (Å²) in [5.41, 5.74) is 2.55. The quantitative estimate of drug-likeness (QED) is 0.674. The Balaban J connectivity index is 2.08. The van der Waals surface area contributed by atoms with Crippen LogP contribution < -0.4 is 0 Å². The lowest BCUT2D eigenvalue weighted by Crippen LogP contribution is -2.29. The highest BCUT2D eigenvalue weighted by Gasteiger charge is 2.20. The molecule has 1 aromatic heterocycles. The van der Waals surface area contributed by atoms with Gasteiger partial charge >= 0.3 is 0 Å². The summed E-state index contributed by atoms with van der Waals surface area (Å²) in [5, 5.41) is 4.56. The second-order valence-corrected chi connectivity index (χ2v) is 4.41. The topological polar surface area (TPSA) is 21.1 Å². The van der Waals surface area contributed by atoms with E-state index in [1.54, 1.807) is 0 Å². The average molecular weight is 193 g/mol. The Morgan fingerprint density at radius 1 is 1.29 bits per heavy atom. The molecule has 14 heavy (non-hydrogen) atoms. The zero-order chi connectivity index (χ0) is 10.1. The molecule has 1 aliphatic heterocycles. The van der Waals surface area contributed by atoms with Crippen molar-refractivity contribution in [3.8, 4) is 0 Å². The van der Waals surface area contributed by atoms with Crippen molar-refractivity contribution >= 4 is 0 Å². The third-order valence-corrected chi connectivity index (χ3v) is 3.27. The molecule has 1 aliphatic rings. The smallest absolute Gasteiger partial charge is 0.0659 e. The van der Waals surface area contributed by atoms with Crippen molar-refractivity contribution in [2.75, 3.05) is 20.1 Å². The van der Waals surface area contributed by atoms with E-state index in [9.17, 15) is 0 Å². The summed E-state index contributed by atoms with van der Waals surface area (Å²) in [6, 6.07) is 2.23. The van der Waals surface area contributed by atoms with E-state index in [2.05, 4.69) is 30.0 Å². The molecular weight excluding hydrogens is 174 g/mol. The van der Waals surface area contributed by atoms with Gasteiger partial charge in [-0.3, -0.25) is 4.68 Å². The van der Waals surface area contributed by atoms with Crippen LogP contribution >= 0.6 is 0 Å². The summed E-state index contributed by atoms with van der Waals surface area (Å²) in [5.74, 6) is 0.686. The van der Waals surface area contributed by atoms with Gasteiger partial charge in [0.25, 0.3) is 0 Å². The van der Waals surface area contributed by atoms with Crippen LogP contribution in [0.5, 0.6) is 0 Å². The molecule has 3 nitrogen and oxygen atoms in total. The van der Waals surface area contributed by atoms with E-state index in [4.69, 9.17) is 0 Å². The predicted molar refractivity (Wildman–Crippen MR) is 57.4 cm³/mol. The molecular formula is C11H19N3. The van der Waals surface area contributed by atoms with Crippen LogP contribution in [-0.2, 0) is 7.05 Å². The van der Waals surface area contributed by atoms with Gasteiger partial charge in [0.15, 0.2) is 0 Å². The van der Waals surface area contributed by atoms with Gasteiger partial charge in [-0.1, -0.05) is 0 Å². The van der Waals surface area contributed by atoms with Crippen molar-refractivity contribution in [3.63, 3.8) is 0 Å². The van der Waals surface area contributed by atoms with Crippen LogP contribution in [0.4, 0.5) is 0 Å². The molecule has 1 saturated heterocycles. The molecule has 1 fully saturated rings. The number of aromatic nitrogens is 2. The lowest BCUT2D eigenvalue weighted by Gasteiger charge is -2.27. The second-order valence-electron chi connectivity index (χ2n) is 4.41. The van der Waals surface area contributed by atoms with Crippen LogP contribution in [0.1, 0.15) is 30.1 Å². The minimum atomic E-state index is 0.686. The SMILES string of the molecule is Cc1cc(C2CCN(C)CC2)nn1C. The van der Waals surface area contributed by atoms with Crippen molar-refractivity contribution in [1.29, 1.82) is 0 Å². The first-order chi connectivity index (χ1) is 6.66. The van der Waals surface area contributed by atoms with Gasteiger partial charge in [0, 0.05) is 18.7 Å². The van der Waals surface area contributed by atoms with Gasteiger partial charge < -0.3 is 4.90 Å². The molecule has 0 amide bonds. The molecule has 0 spiro atoms. The highest BCUT2D eigenvalue weighted by Crippen LogP contribution is 2.26. The van der Waals surface area contributed by atoms with Crippen molar-refractivity contribution in [2.45, 2.75) is 25.7 Å². The lowest BCUT2D eigenvalue weighted by atomic mass is 9.94. The Morgan fingerprint density at radius 3 is 2.43 bits per heavy atom. The van der Waals surface area contributed by atoms with Crippen LogP contribution in [0, 0.1) is 6.92 Å². The van der Waals surface area contributed by atoms with Crippen LogP contribution in [-0.4, -0.2) is 34.8 Å². The second kappa shape index (κ2) is 3.73. The molecule has 0 N–H and O–H groups in total. The molecule has 1 aromatic rings. The van der Waals surface area contributed by atoms with Gasteiger partial charge in [-0.25, -0.2) is 0 Å². The first-order valence-corrected chi connectivity index (χ1v) is 5.36. The number of piperidine rings is 1. The molecule has 78 valence electrons. The van der Waals surface area contributed by atoms with E-state index in [0.717, 1.165) is 0 Å². The average Bonchev–Trinajstić information content (AvgIpc) is 2.48.